The van der Waals surface area contributed by atoms with Crippen LogP contribution in [0.5, 0.6) is 0 Å². The number of nitrogens with zero attached hydrogens (tertiary/aromatic N) is 1. The molecule has 0 bridgehead atoms. The molecule has 1 N–H and O–H groups in total. The van der Waals surface area contributed by atoms with Gasteiger partial charge in [0.1, 0.15) is 5.82 Å². The highest BCUT2D eigenvalue weighted by Gasteiger charge is 2.07. The number of rotatable bonds is 4. The highest BCUT2D eigenvalue weighted by Crippen LogP contribution is 2.19. The summed E-state index contributed by atoms with van der Waals surface area (Å²) < 4.78 is 5.25. The smallest absolute Gasteiger partial charge is 0.107 e. The molecule has 0 saturated heterocycles. The Labute approximate surface area is 102 Å². The Hall–Kier alpha value is -1.35. The minimum Gasteiger partial charge on any atom is -0.382 e. The van der Waals surface area contributed by atoms with Gasteiger partial charge in [0.25, 0.3) is 0 Å². The van der Waals surface area contributed by atoms with Crippen LogP contribution >= 0.6 is 0 Å². The van der Waals surface area contributed by atoms with Crippen molar-refractivity contribution >= 4 is 11.0 Å². The molecule has 0 amide bonds. The molecule has 92 valence electrons. The van der Waals surface area contributed by atoms with E-state index in [1.54, 1.807) is 7.11 Å². The van der Waals surface area contributed by atoms with Crippen LogP contribution in [-0.2, 0) is 11.2 Å². The van der Waals surface area contributed by atoms with E-state index >= 15 is 0 Å². The van der Waals surface area contributed by atoms with Gasteiger partial charge in [-0.05, 0) is 44.4 Å². The number of nitrogens with one attached hydrogen (secondary N) is 1. The normalized spacial score (nSPS) is 13.2. The van der Waals surface area contributed by atoms with Crippen LogP contribution in [0.4, 0.5) is 0 Å². The van der Waals surface area contributed by atoms with Gasteiger partial charge in [0.15, 0.2) is 0 Å². The summed E-state index contributed by atoms with van der Waals surface area (Å²) >= 11 is 0. The zero-order valence-electron chi connectivity index (χ0n) is 11.0. The predicted molar refractivity (Wildman–Crippen MR) is 70.4 cm³/mol. The van der Waals surface area contributed by atoms with Gasteiger partial charge in [0.05, 0.1) is 17.1 Å². The Balaban J connectivity index is 2.23. The average molecular weight is 232 g/mol. The first-order valence-corrected chi connectivity index (χ1v) is 6.09. The second kappa shape index (κ2) is 4.88. The van der Waals surface area contributed by atoms with E-state index in [4.69, 9.17) is 4.74 Å². The SMILES string of the molecule is COC(C)CCc1nc2c(C)cc(C)cc2[nH]1. The van der Waals surface area contributed by atoms with Gasteiger partial charge >= 0.3 is 0 Å². The van der Waals surface area contributed by atoms with Crippen molar-refractivity contribution in [1.29, 1.82) is 0 Å². The molecule has 3 nitrogen and oxygen atoms in total. The van der Waals surface area contributed by atoms with Crippen molar-refractivity contribution in [2.45, 2.75) is 39.7 Å². The molecule has 0 fully saturated rings. The highest BCUT2D eigenvalue weighted by atomic mass is 16.5. The zero-order chi connectivity index (χ0) is 12.4. The Bertz CT molecular complexity index is 516. The van der Waals surface area contributed by atoms with E-state index in [2.05, 4.69) is 42.9 Å². The maximum Gasteiger partial charge on any atom is 0.107 e. The average Bonchev–Trinajstić information content (AvgIpc) is 2.69. The number of imidazole rings is 1. The lowest BCUT2D eigenvalue weighted by Gasteiger charge is -2.06. The van der Waals surface area contributed by atoms with Crippen LogP contribution in [0.2, 0.25) is 0 Å². The molecule has 1 unspecified atom stereocenters. The largest absolute Gasteiger partial charge is 0.382 e. The van der Waals surface area contributed by atoms with E-state index < -0.39 is 0 Å². The molecule has 1 aromatic carbocycles. The van der Waals surface area contributed by atoms with Crippen LogP contribution in [0.15, 0.2) is 12.1 Å². The molecule has 0 aliphatic rings. The first-order chi connectivity index (χ1) is 8.10. The van der Waals surface area contributed by atoms with E-state index in [0.29, 0.717) is 0 Å². The molecule has 1 aromatic heterocycles. The fourth-order valence-corrected chi connectivity index (χ4v) is 2.10. The van der Waals surface area contributed by atoms with Gasteiger partial charge in [0.2, 0.25) is 0 Å². The van der Waals surface area contributed by atoms with E-state index in [1.807, 2.05) is 0 Å². The molecule has 2 aromatic rings. The minimum absolute atomic E-state index is 0.283. The molecule has 3 heteroatoms. The highest BCUT2D eigenvalue weighted by molar-refractivity contribution is 5.79. The topological polar surface area (TPSA) is 37.9 Å². The molecule has 0 radical (unpaired) electrons. The monoisotopic (exact) mass is 232 g/mol. The van der Waals surface area contributed by atoms with Gasteiger partial charge in [-0.3, -0.25) is 0 Å². The molecule has 0 spiro atoms. The maximum atomic E-state index is 5.25. The van der Waals surface area contributed by atoms with Gasteiger partial charge in [-0.15, -0.1) is 0 Å². The standard InChI is InChI=1S/C14H20N2O/c1-9-7-10(2)14-12(8-9)15-13(16-14)6-5-11(3)17-4/h7-8,11H,5-6H2,1-4H3,(H,15,16). The number of hydrogen-bond donors (Lipinski definition) is 1. The number of H-pyrrole nitrogens is 1. The van der Waals surface area contributed by atoms with Crippen molar-refractivity contribution < 1.29 is 4.74 Å². The van der Waals surface area contributed by atoms with Crippen molar-refractivity contribution in [2.75, 3.05) is 7.11 Å². The summed E-state index contributed by atoms with van der Waals surface area (Å²) in [7, 11) is 1.75. The van der Waals surface area contributed by atoms with Crippen LogP contribution < -0.4 is 0 Å². The van der Waals surface area contributed by atoms with Crippen LogP contribution in [-0.4, -0.2) is 23.2 Å². The van der Waals surface area contributed by atoms with E-state index in [9.17, 15) is 0 Å². The number of fused-ring (bicyclic) bond motifs is 1. The van der Waals surface area contributed by atoms with Gasteiger partial charge in [-0.25, -0.2) is 4.98 Å². The molecule has 2 rings (SSSR count). The van der Waals surface area contributed by atoms with Crippen LogP contribution in [0.1, 0.15) is 30.3 Å². The summed E-state index contributed by atoms with van der Waals surface area (Å²) in [6.07, 6.45) is 2.21. The molecule has 0 aliphatic carbocycles. The first-order valence-electron chi connectivity index (χ1n) is 6.09. The Morgan fingerprint density at radius 2 is 2.12 bits per heavy atom. The Kier molecular flexibility index (Phi) is 3.48. The second-order valence-electron chi connectivity index (χ2n) is 4.75. The number of benzene rings is 1. The van der Waals surface area contributed by atoms with Crippen molar-refractivity contribution in [2.24, 2.45) is 0 Å². The van der Waals surface area contributed by atoms with Crippen LogP contribution in [0, 0.1) is 13.8 Å². The predicted octanol–water partition coefficient (Wildman–Crippen LogP) is 3.15. The quantitative estimate of drug-likeness (QED) is 0.879. The molecule has 1 atom stereocenters. The Morgan fingerprint density at radius 1 is 1.35 bits per heavy atom. The third-order valence-corrected chi connectivity index (χ3v) is 3.16. The summed E-state index contributed by atoms with van der Waals surface area (Å²) in [4.78, 5) is 8.04. The van der Waals surface area contributed by atoms with E-state index in [1.165, 1.54) is 11.1 Å². The Morgan fingerprint density at radius 3 is 2.82 bits per heavy atom. The van der Waals surface area contributed by atoms with Gasteiger partial charge in [-0.1, -0.05) is 6.07 Å². The van der Waals surface area contributed by atoms with Gasteiger partial charge in [-0.2, -0.15) is 0 Å². The van der Waals surface area contributed by atoms with E-state index in [-0.39, 0.29) is 6.10 Å². The first kappa shape index (κ1) is 12.1. The summed E-state index contributed by atoms with van der Waals surface area (Å²) in [5, 5.41) is 0. The van der Waals surface area contributed by atoms with Crippen molar-refractivity contribution in [3.05, 3.63) is 29.1 Å². The number of aromatic amines is 1. The molecule has 17 heavy (non-hydrogen) atoms. The van der Waals surface area contributed by atoms with Crippen molar-refractivity contribution in [1.82, 2.24) is 9.97 Å². The van der Waals surface area contributed by atoms with Crippen LogP contribution in [0.25, 0.3) is 11.0 Å². The maximum absolute atomic E-state index is 5.25. The number of methoxy groups -OCH3 is 1. The van der Waals surface area contributed by atoms with Crippen molar-refractivity contribution in [3.8, 4) is 0 Å². The fourth-order valence-electron chi connectivity index (χ4n) is 2.10. The second-order valence-corrected chi connectivity index (χ2v) is 4.75. The van der Waals surface area contributed by atoms with Crippen molar-refractivity contribution in [3.63, 3.8) is 0 Å². The fraction of sp³-hybridized carbons (Fsp3) is 0.500. The molecular weight excluding hydrogens is 212 g/mol. The third kappa shape index (κ3) is 2.67. The number of ether oxygens (including phenoxy) is 1. The summed E-state index contributed by atoms with van der Waals surface area (Å²) in [5.74, 6) is 1.05. The minimum atomic E-state index is 0.283. The summed E-state index contributed by atoms with van der Waals surface area (Å²) in [5.41, 5.74) is 4.75. The zero-order valence-corrected chi connectivity index (χ0v) is 11.0. The lowest BCUT2D eigenvalue weighted by Crippen LogP contribution is -2.06. The number of aryl methyl sites for hydroxylation is 3. The molecular formula is C14H20N2O. The number of aromatic nitrogens is 2. The van der Waals surface area contributed by atoms with Gasteiger partial charge in [0, 0.05) is 13.5 Å². The summed E-state index contributed by atoms with van der Waals surface area (Å²) in [6.45, 7) is 6.30. The third-order valence-electron chi connectivity index (χ3n) is 3.16. The van der Waals surface area contributed by atoms with Gasteiger partial charge < -0.3 is 9.72 Å². The molecule has 0 aliphatic heterocycles. The lowest BCUT2D eigenvalue weighted by molar-refractivity contribution is 0.111. The number of hydrogen-bond acceptors (Lipinski definition) is 2. The molecule has 1 heterocycles. The molecule has 0 saturated carbocycles. The summed E-state index contributed by atoms with van der Waals surface area (Å²) in [6, 6.07) is 4.32. The van der Waals surface area contributed by atoms with E-state index in [0.717, 1.165) is 29.7 Å². The lowest BCUT2D eigenvalue weighted by atomic mass is 10.1. The van der Waals surface area contributed by atoms with Crippen LogP contribution in [0.3, 0.4) is 0 Å².